The molecule has 2 saturated carbocycles. The molecule has 0 atom stereocenters. The van der Waals surface area contributed by atoms with E-state index in [4.69, 9.17) is 0 Å². The van der Waals surface area contributed by atoms with Crippen molar-refractivity contribution in [1.82, 2.24) is 4.90 Å². The van der Waals surface area contributed by atoms with Crippen LogP contribution in [0.15, 0.2) is 0 Å². The summed E-state index contributed by atoms with van der Waals surface area (Å²) in [5.41, 5.74) is 0. The molecule has 0 aromatic heterocycles. The number of rotatable bonds is 5. The van der Waals surface area contributed by atoms with Crippen LogP contribution in [-0.4, -0.2) is 36.5 Å². The summed E-state index contributed by atoms with van der Waals surface area (Å²) < 4.78 is 4.58. The Morgan fingerprint density at radius 2 is 1.93 bits per heavy atom. The normalized spacial score (nSPS) is 19.8. The summed E-state index contributed by atoms with van der Waals surface area (Å²) in [5, 5.41) is 0. The van der Waals surface area contributed by atoms with E-state index in [1.807, 2.05) is 4.90 Å². The highest BCUT2D eigenvalue weighted by Gasteiger charge is 2.39. The van der Waals surface area contributed by atoms with Crippen molar-refractivity contribution in [2.75, 3.05) is 13.7 Å². The van der Waals surface area contributed by atoms with E-state index in [1.54, 1.807) is 0 Å². The van der Waals surface area contributed by atoms with E-state index in [0.717, 1.165) is 25.7 Å². The predicted molar refractivity (Wildman–Crippen MR) is 54.1 cm³/mol. The van der Waals surface area contributed by atoms with Gasteiger partial charge in [-0.05, 0) is 25.7 Å². The number of carbonyl (C=O) groups is 2. The van der Waals surface area contributed by atoms with Gasteiger partial charge in [0.2, 0.25) is 5.91 Å². The second-order valence-corrected chi connectivity index (χ2v) is 4.36. The van der Waals surface area contributed by atoms with Crippen LogP contribution in [0.5, 0.6) is 0 Å². The standard InChI is InChI=1S/C11H17NO3/c1-15-10(13)6-7-12(9-4-5-9)11(14)8-2-3-8/h8-9H,2-7H2,1H3. The zero-order valence-electron chi connectivity index (χ0n) is 9.07. The van der Waals surface area contributed by atoms with Crippen molar-refractivity contribution in [3.63, 3.8) is 0 Å². The number of methoxy groups -OCH3 is 1. The van der Waals surface area contributed by atoms with Gasteiger partial charge in [-0.1, -0.05) is 0 Å². The van der Waals surface area contributed by atoms with Crippen molar-refractivity contribution in [3.8, 4) is 0 Å². The maximum absolute atomic E-state index is 11.9. The first-order chi connectivity index (χ1) is 7.22. The topological polar surface area (TPSA) is 46.6 Å². The molecular weight excluding hydrogens is 194 g/mol. The second-order valence-electron chi connectivity index (χ2n) is 4.36. The summed E-state index contributed by atoms with van der Waals surface area (Å²) >= 11 is 0. The average molecular weight is 211 g/mol. The van der Waals surface area contributed by atoms with Crippen molar-refractivity contribution >= 4 is 11.9 Å². The molecule has 0 heterocycles. The van der Waals surface area contributed by atoms with Crippen LogP contribution in [0.1, 0.15) is 32.1 Å². The number of carbonyl (C=O) groups excluding carboxylic acids is 2. The minimum Gasteiger partial charge on any atom is -0.469 e. The Labute approximate surface area is 89.6 Å². The van der Waals surface area contributed by atoms with Crippen LogP contribution >= 0.6 is 0 Å². The molecule has 2 fully saturated rings. The van der Waals surface area contributed by atoms with Gasteiger partial charge in [-0.25, -0.2) is 0 Å². The predicted octanol–water partition coefficient (Wildman–Crippen LogP) is 0.950. The summed E-state index contributed by atoms with van der Waals surface area (Å²) in [6, 6.07) is 0.405. The Kier molecular flexibility index (Phi) is 2.93. The van der Waals surface area contributed by atoms with Gasteiger partial charge in [-0.3, -0.25) is 9.59 Å². The number of esters is 1. The number of amides is 1. The van der Waals surface area contributed by atoms with Crippen LogP contribution in [0.25, 0.3) is 0 Å². The van der Waals surface area contributed by atoms with E-state index in [1.165, 1.54) is 7.11 Å². The van der Waals surface area contributed by atoms with Crippen LogP contribution in [0.3, 0.4) is 0 Å². The van der Waals surface area contributed by atoms with Crippen molar-refractivity contribution in [2.45, 2.75) is 38.1 Å². The van der Waals surface area contributed by atoms with Crippen LogP contribution in [-0.2, 0) is 14.3 Å². The first-order valence-corrected chi connectivity index (χ1v) is 5.59. The zero-order chi connectivity index (χ0) is 10.8. The quantitative estimate of drug-likeness (QED) is 0.636. The lowest BCUT2D eigenvalue weighted by Crippen LogP contribution is -2.36. The van der Waals surface area contributed by atoms with Gasteiger partial charge in [-0.2, -0.15) is 0 Å². The summed E-state index contributed by atoms with van der Waals surface area (Å²) in [5.74, 6) is 0.272. The van der Waals surface area contributed by atoms with E-state index in [2.05, 4.69) is 4.74 Å². The second kappa shape index (κ2) is 4.21. The van der Waals surface area contributed by atoms with Gasteiger partial charge in [0, 0.05) is 18.5 Å². The molecule has 2 aliphatic carbocycles. The third-order valence-electron chi connectivity index (χ3n) is 2.98. The lowest BCUT2D eigenvalue weighted by Gasteiger charge is -2.21. The molecule has 0 unspecified atom stereocenters. The third kappa shape index (κ3) is 2.70. The fourth-order valence-corrected chi connectivity index (χ4v) is 1.74. The molecule has 15 heavy (non-hydrogen) atoms. The van der Waals surface area contributed by atoms with Crippen LogP contribution in [0.4, 0.5) is 0 Å². The molecule has 2 aliphatic rings. The summed E-state index contributed by atoms with van der Waals surface area (Å²) in [6.07, 6.45) is 4.57. The third-order valence-corrected chi connectivity index (χ3v) is 2.98. The monoisotopic (exact) mass is 211 g/mol. The molecule has 0 aromatic carbocycles. The SMILES string of the molecule is COC(=O)CCN(C(=O)C1CC1)C1CC1. The smallest absolute Gasteiger partial charge is 0.307 e. The van der Waals surface area contributed by atoms with E-state index in [0.29, 0.717) is 19.0 Å². The van der Waals surface area contributed by atoms with Crippen LogP contribution in [0.2, 0.25) is 0 Å². The average Bonchev–Trinajstić information content (AvgIpc) is 3.06. The fraction of sp³-hybridized carbons (Fsp3) is 0.818. The molecule has 2 rings (SSSR count). The van der Waals surface area contributed by atoms with Gasteiger partial charge < -0.3 is 9.64 Å². The van der Waals surface area contributed by atoms with E-state index < -0.39 is 0 Å². The molecule has 1 amide bonds. The highest BCUT2D eigenvalue weighted by Crippen LogP contribution is 2.35. The van der Waals surface area contributed by atoms with Crippen molar-refractivity contribution in [1.29, 1.82) is 0 Å². The van der Waals surface area contributed by atoms with Crippen LogP contribution < -0.4 is 0 Å². The van der Waals surface area contributed by atoms with Crippen LogP contribution in [0, 0.1) is 5.92 Å². The van der Waals surface area contributed by atoms with Gasteiger partial charge in [0.05, 0.1) is 13.5 Å². The first-order valence-electron chi connectivity index (χ1n) is 5.59. The summed E-state index contributed by atoms with van der Waals surface area (Å²) in [7, 11) is 1.38. The van der Waals surface area contributed by atoms with Crippen molar-refractivity contribution < 1.29 is 14.3 Å². The highest BCUT2D eigenvalue weighted by molar-refractivity contribution is 5.82. The molecule has 4 nitrogen and oxygen atoms in total. The Balaban J connectivity index is 1.82. The molecule has 0 aliphatic heterocycles. The largest absolute Gasteiger partial charge is 0.469 e. The van der Waals surface area contributed by atoms with Gasteiger partial charge in [0.15, 0.2) is 0 Å². The maximum Gasteiger partial charge on any atom is 0.307 e. The van der Waals surface area contributed by atoms with Gasteiger partial charge in [0.1, 0.15) is 0 Å². The molecule has 0 saturated heterocycles. The van der Waals surface area contributed by atoms with Crippen molar-refractivity contribution in [2.24, 2.45) is 5.92 Å². The molecule has 0 N–H and O–H groups in total. The molecule has 0 bridgehead atoms. The Morgan fingerprint density at radius 3 is 2.40 bits per heavy atom. The zero-order valence-corrected chi connectivity index (χ0v) is 9.07. The molecule has 0 radical (unpaired) electrons. The molecule has 0 aromatic rings. The first kappa shape index (κ1) is 10.5. The molecule has 84 valence electrons. The number of nitrogens with zero attached hydrogens (tertiary/aromatic N) is 1. The maximum atomic E-state index is 11.9. The molecule has 4 heteroatoms. The Hall–Kier alpha value is -1.06. The summed E-state index contributed by atoms with van der Waals surface area (Å²) in [6.45, 7) is 0.534. The van der Waals surface area contributed by atoms with Gasteiger partial charge in [0.25, 0.3) is 0 Å². The Bertz CT molecular complexity index is 269. The van der Waals surface area contributed by atoms with Crippen molar-refractivity contribution in [3.05, 3.63) is 0 Å². The van der Waals surface area contributed by atoms with E-state index >= 15 is 0 Å². The number of ether oxygens (including phenoxy) is 1. The molecule has 0 spiro atoms. The highest BCUT2D eigenvalue weighted by atomic mass is 16.5. The number of hydrogen-bond donors (Lipinski definition) is 0. The van der Waals surface area contributed by atoms with Gasteiger partial charge >= 0.3 is 5.97 Å². The number of hydrogen-bond acceptors (Lipinski definition) is 3. The lowest BCUT2D eigenvalue weighted by molar-refractivity contribution is -0.142. The minimum absolute atomic E-state index is 0.232. The van der Waals surface area contributed by atoms with Gasteiger partial charge in [-0.15, -0.1) is 0 Å². The fourth-order valence-electron chi connectivity index (χ4n) is 1.74. The Morgan fingerprint density at radius 1 is 1.27 bits per heavy atom. The van der Waals surface area contributed by atoms with E-state index in [-0.39, 0.29) is 17.8 Å². The van der Waals surface area contributed by atoms with E-state index in [9.17, 15) is 9.59 Å². The lowest BCUT2D eigenvalue weighted by atomic mass is 10.3. The molecular formula is C11H17NO3. The summed E-state index contributed by atoms with van der Waals surface area (Å²) in [4.78, 5) is 24.8. The minimum atomic E-state index is -0.232.